The van der Waals surface area contributed by atoms with Crippen molar-refractivity contribution in [2.75, 3.05) is 25.5 Å². The molecule has 7 atom stereocenters. The molecule has 2 saturated heterocycles. The van der Waals surface area contributed by atoms with Crippen LogP contribution in [0.2, 0.25) is 0 Å². The lowest BCUT2D eigenvalue weighted by Gasteiger charge is -2.25. The van der Waals surface area contributed by atoms with Crippen LogP contribution in [0, 0.1) is 0 Å². The lowest BCUT2D eigenvalue weighted by Crippen LogP contribution is -2.43. The number of likely N-dealkylation sites (N-methyl/N-ethyl adjacent to an activating group) is 1. The van der Waals surface area contributed by atoms with Gasteiger partial charge in [-0.1, -0.05) is 18.2 Å². The number of anilines is 1. The topological polar surface area (TPSA) is 171 Å². The summed E-state index contributed by atoms with van der Waals surface area (Å²) in [5.41, 5.74) is -3.44. The van der Waals surface area contributed by atoms with Gasteiger partial charge in [-0.3, -0.25) is 23.6 Å². The highest BCUT2D eigenvalue weighted by Gasteiger charge is 2.56. The van der Waals surface area contributed by atoms with Gasteiger partial charge >= 0.3 is 19.4 Å². The summed E-state index contributed by atoms with van der Waals surface area (Å²) in [7, 11) is -2.51. The molecule has 2 aromatic rings. The van der Waals surface area contributed by atoms with Crippen molar-refractivity contribution in [1.29, 1.82) is 0 Å². The van der Waals surface area contributed by atoms with E-state index in [-0.39, 0.29) is 23.5 Å². The van der Waals surface area contributed by atoms with Crippen molar-refractivity contribution in [2.45, 2.75) is 82.8 Å². The molecule has 242 valence electrons. The molecule has 0 unspecified atom stereocenters. The number of aliphatic hydroxyl groups excluding tert-OH is 1. The Labute approximate surface area is 254 Å². The number of hydrogen-bond acceptors (Lipinski definition) is 11. The standard InChI is InChI=1S/C28H39FN5O9P/c1-17(2)41-25(37)18(3)32-44(39,43-19-10-7-6-8-11-19)40-16-21-23(35)28(4,29)26(42-21)34-15-13-22(31-27(34)38)30-24(36)20-12-9-14-33(20)5/h6-8,10-11,13,15,17-18,20-21,23,26,35H,9,12,14,16H2,1-5H3,(H,32,39)(H,30,31,36,38)/t18-,20-,21+,23+,26+,28+,44-/m0/s1. The van der Waals surface area contributed by atoms with Gasteiger partial charge in [-0.2, -0.15) is 10.1 Å². The quantitative estimate of drug-likeness (QED) is 0.229. The van der Waals surface area contributed by atoms with E-state index in [2.05, 4.69) is 15.4 Å². The van der Waals surface area contributed by atoms with E-state index in [1.807, 2.05) is 11.9 Å². The fourth-order valence-corrected chi connectivity index (χ4v) is 6.47. The average molecular weight is 640 g/mol. The Morgan fingerprint density at radius 3 is 2.57 bits per heavy atom. The van der Waals surface area contributed by atoms with Gasteiger partial charge in [0.15, 0.2) is 11.9 Å². The van der Waals surface area contributed by atoms with Gasteiger partial charge in [-0.15, -0.1) is 0 Å². The molecule has 2 aliphatic rings. The third-order valence-corrected chi connectivity index (χ3v) is 8.95. The van der Waals surface area contributed by atoms with E-state index >= 15 is 4.39 Å². The largest absolute Gasteiger partial charge is 0.462 e. The number of halogens is 1. The number of rotatable bonds is 12. The molecule has 44 heavy (non-hydrogen) atoms. The van der Waals surface area contributed by atoms with E-state index < -0.39 is 62.3 Å². The van der Waals surface area contributed by atoms with Crippen LogP contribution >= 0.6 is 7.75 Å². The number of aromatic nitrogens is 2. The van der Waals surface area contributed by atoms with E-state index in [0.29, 0.717) is 6.42 Å². The van der Waals surface area contributed by atoms with Crippen molar-refractivity contribution in [3.05, 3.63) is 53.1 Å². The van der Waals surface area contributed by atoms with Crippen molar-refractivity contribution in [2.24, 2.45) is 0 Å². The first-order valence-electron chi connectivity index (χ1n) is 14.3. The van der Waals surface area contributed by atoms with Crippen molar-refractivity contribution < 1.29 is 42.2 Å². The zero-order valence-electron chi connectivity index (χ0n) is 25.2. The number of hydrogen-bond donors (Lipinski definition) is 3. The summed E-state index contributed by atoms with van der Waals surface area (Å²) in [5, 5.41) is 15.9. The molecular weight excluding hydrogens is 600 g/mol. The number of esters is 1. The number of carbonyl (C=O) groups excluding carboxylic acids is 2. The molecule has 1 aromatic heterocycles. The van der Waals surface area contributed by atoms with Crippen LogP contribution < -0.4 is 20.6 Å². The highest BCUT2D eigenvalue weighted by Crippen LogP contribution is 2.47. The molecule has 3 N–H and O–H groups in total. The van der Waals surface area contributed by atoms with Gasteiger partial charge in [-0.25, -0.2) is 13.8 Å². The van der Waals surface area contributed by atoms with Crippen LogP contribution in [0.3, 0.4) is 0 Å². The molecule has 1 aromatic carbocycles. The average Bonchev–Trinajstić information content (AvgIpc) is 3.48. The van der Waals surface area contributed by atoms with Crippen LogP contribution in [0.5, 0.6) is 5.75 Å². The summed E-state index contributed by atoms with van der Waals surface area (Å²) in [4.78, 5) is 43.6. The number of carbonyl (C=O) groups is 2. The number of para-hydroxylation sites is 1. The monoisotopic (exact) mass is 639 g/mol. The zero-order valence-corrected chi connectivity index (χ0v) is 26.1. The number of aliphatic hydroxyl groups is 1. The predicted octanol–water partition coefficient (Wildman–Crippen LogP) is 2.40. The van der Waals surface area contributed by atoms with Crippen LogP contribution in [0.25, 0.3) is 0 Å². The first-order chi connectivity index (χ1) is 20.7. The van der Waals surface area contributed by atoms with Gasteiger partial charge in [0.1, 0.15) is 29.8 Å². The number of amides is 1. The minimum absolute atomic E-state index is 0.00859. The second kappa shape index (κ2) is 13.8. The van der Waals surface area contributed by atoms with Gasteiger partial charge in [0, 0.05) is 6.20 Å². The Morgan fingerprint density at radius 2 is 1.95 bits per heavy atom. The number of benzene rings is 1. The van der Waals surface area contributed by atoms with E-state index in [9.17, 15) is 24.1 Å². The lowest BCUT2D eigenvalue weighted by atomic mass is 9.98. The van der Waals surface area contributed by atoms with E-state index in [1.54, 1.807) is 32.0 Å². The van der Waals surface area contributed by atoms with Crippen molar-refractivity contribution in [1.82, 2.24) is 19.5 Å². The van der Waals surface area contributed by atoms with Crippen LogP contribution in [0.1, 0.15) is 46.8 Å². The maximum absolute atomic E-state index is 15.9. The van der Waals surface area contributed by atoms with Gasteiger partial charge in [-0.05, 0) is 72.3 Å². The van der Waals surface area contributed by atoms with E-state index in [0.717, 1.165) is 24.5 Å². The molecule has 0 aliphatic carbocycles. The molecule has 4 rings (SSSR count). The second-order valence-corrected chi connectivity index (χ2v) is 13.0. The van der Waals surface area contributed by atoms with Crippen LogP contribution in [-0.2, 0) is 28.2 Å². The van der Waals surface area contributed by atoms with Crippen LogP contribution in [0.4, 0.5) is 10.2 Å². The van der Waals surface area contributed by atoms with E-state index in [4.69, 9.17) is 18.5 Å². The van der Waals surface area contributed by atoms with Crippen LogP contribution in [-0.4, -0.2) is 87.7 Å². The van der Waals surface area contributed by atoms with Crippen LogP contribution in [0.15, 0.2) is 47.4 Å². The Balaban J connectivity index is 1.47. The van der Waals surface area contributed by atoms with E-state index in [1.165, 1.54) is 31.3 Å². The highest BCUT2D eigenvalue weighted by molar-refractivity contribution is 7.52. The van der Waals surface area contributed by atoms with Gasteiger partial charge < -0.3 is 24.4 Å². The molecule has 1 amide bonds. The molecule has 0 bridgehead atoms. The molecule has 16 heteroatoms. The molecule has 2 fully saturated rings. The number of ether oxygens (including phenoxy) is 2. The normalized spacial score (nSPS) is 27.5. The van der Waals surface area contributed by atoms with Gasteiger partial charge in [0.05, 0.1) is 18.8 Å². The predicted molar refractivity (Wildman–Crippen MR) is 157 cm³/mol. The molecule has 14 nitrogen and oxygen atoms in total. The molecule has 0 saturated carbocycles. The Hall–Kier alpha value is -3.20. The molecule has 0 spiro atoms. The fraction of sp³-hybridized carbons (Fsp3) is 0.571. The maximum atomic E-state index is 15.9. The Kier molecular flexibility index (Phi) is 10.6. The fourth-order valence-electron chi connectivity index (χ4n) is 4.97. The van der Waals surface area contributed by atoms with Crippen molar-refractivity contribution in [3.8, 4) is 5.75 Å². The number of nitrogens with zero attached hydrogens (tertiary/aromatic N) is 3. The summed E-state index contributed by atoms with van der Waals surface area (Å²) in [5.74, 6) is -0.878. The Morgan fingerprint density at radius 1 is 1.25 bits per heavy atom. The first kappa shape index (κ1) is 33.7. The second-order valence-electron chi connectivity index (χ2n) is 11.3. The first-order valence-corrected chi connectivity index (χ1v) is 15.8. The smallest absolute Gasteiger partial charge is 0.459 e. The summed E-state index contributed by atoms with van der Waals surface area (Å²) in [6.07, 6.45) is -2.55. The minimum atomic E-state index is -4.34. The molecule has 2 aliphatic heterocycles. The lowest BCUT2D eigenvalue weighted by molar-refractivity contribution is -0.149. The third kappa shape index (κ3) is 7.89. The van der Waals surface area contributed by atoms with Crippen molar-refractivity contribution >= 4 is 25.4 Å². The zero-order chi connectivity index (χ0) is 32.2. The summed E-state index contributed by atoms with van der Waals surface area (Å²) in [6.45, 7) is 5.90. The number of nitrogens with one attached hydrogen (secondary N) is 2. The van der Waals surface area contributed by atoms with Crippen molar-refractivity contribution in [3.63, 3.8) is 0 Å². The van der Waals surface area contributed by atoms with Gasteiger partial charge in [0.2, 0.25) is 5.91 Å². The summed E-state index contributed by atoms with van der Waals surface area (Å²) >= 11 is 0. The van der Waals surface area contributed by atoms with Gasteiger partial charge in [0.25, 0.3) is 0 Å². The Bertz CT molecular complexity index is 1430. The maximum Gasteiger partial charge on any atom is 0.459 e. The number of likely N-dealkylation sites (tertiary alicyclic amines) is 1. The minimum Gasteiger partial charge on any atom is -0.462 e. The summed E-state index contributed by atoms with van der Waals surface area (Å²) in [6, 6.07) is 7.87. The molecule has 3 heterocycles. The molecular formula is C28H39FN5O9P. The summed E-state index contributed by atoms with van der Waals surface area (Å²) < 4.78 is 52.5. The SMILES string of the molecule is CC(C)OC(=O)[C@H](C)N[P@](=O)(OC[C@H]1O[C@@H](n2ccc(NC(=O)[C@@H]3CCCN3C)nc2=O)[C@](C)(F)[C@@H]1O)Oc1ccccc1. The highest BCUT2D eigenvalue weighted by atomic mass is 31.2. The molecule has 0 radical (unpaired) electrons. The third-order valence-electron chi connectivity index (χ3n) is 7.31. The number of alkyl halides is 1.